The number of nitrogens with one attached hydrogen (secondary N) is 2. The predicted molar refractivity (Wildman–Crippen MR) is 118 cm³/mol. The molecule has 6 nitrogen and oxygen atoms in total. The van der Waals surface area contributed by atoms with Crippen LogP contribution in [0.15, 0.2) is 53.9 Å². The molecule has 0 saturated heterocycles. The molecule has 0 aliphatic heterocycles. The van der Waals surface area contributed by atoms with E-state index < -0.39 is 0 Å². The summed E-state index contributed by atoms with van der Waals surface area (Å²) in [6.07, 6.45) is 0.410. The molecule has 0 spiro atoms. The highest BCUT2D eigenvalue weighted by atomic mass is 32.1. The van der Waals surface area contributed by atoms with Crippen LogP contribution in [0.4, 0.5) is 10.3 Å². The van der Waals surface area contributed by atoms with Crippen molar-refractivity contribution in [2.75, 3.05) is 10.6 Å². The van der Waals surface area contributed by atoms with Crippen LogP contribution >= 0.6 is 22.7 Å². The number of hydrogen-bond acceptors (Lipinski definition) is 6. The van der Waals surface area contributed by atoms with Crippen molar-refractivity contribution in [3.8, 4) is 0 Å². The van der Waals surface area contributed by atoms with Crippen LogP contribution in [-0.4, -0.2) is 21.8 Å². The van der Waals surface area contributed by atoms with Crippen LogP contribution in [0.2, 0.25) is 0 Å². The van der Waals surface area contributed by atoms with Gasteiger partial charge in [-0.2, -0.15) is 0 Å². The molecule has 0 aliphatic carbocycles. The summed E-state index contributed by atoms with van der Waals surface area (Å²) in [5, 5.41) is 8.46. The Morgan fingerprint density at radius 1 is 0.897 bits per heavy atom. The lowest BCUT2D eigenvalue weighted by atomic mass is 10.1. The minimum atomic E-state index is -0.186. The van der Waals surface area contributed by atoms with Gasteiger partial charge in [0.2, 0.25) is 11.8 Å². The monoisotopic (exact) mass is 422 g/mol. The average Bonchev–Trinajstić information content (AvgIpc) is 3.29. The lowest BCUT2D eigenvalue weighted by Gasteiger charge is -2.02. The van der Waals surface area contributed by atoms with Crippen LogP contribution in [0.25, 0.3) is 10.2 Å². The number of carbonyl (C=O) groups is 2. The Morgan fingerprint density at radius 3 is 2.45 bits per heavy atom. The minimum absolute atomic E-state index is 0.125. The Balaban J connectivity index is 1.33. The molecule has 0 bridgehead atoms. The van der Waals surface area contributed by atoms with E-state index in [4.69, 9.17) is 0 Å². The molecule has 0 radical (unpaired) electrons. The summed E-state index contributed by atoms with van der Waals surface area (Å²) >= 11 is 2.75. The van der Waals surface area contributed by atoms with Crippen molar-refractivity contribution >= 4 is 55.0 Å². The number of hydrogen-bond donors (Lipinski definition) is 2. The highest BCUT2D eigenvalue weighted by Crippen LogP contribution is 2.28. The van der Waals surface area contributed by atoms with Gasteiger partial charge in [0.25, 0.3) is 0 Å². The summed E-state index contributed by atoms with van der Waals surface area (Å²) in [5.74, 6) is -0.319. The van der Waals surface area contributed by atoms with Crippen molar-refractivity contribution in [1.82, 2.24) is 9.97 Å². The SMILES string of the molecule is Cc1cccc2sc(NC(=O)Cc3csc(NC(=O)Cc4ccccc4)n3)nc12. The van der Waals surface area contributed by atoms with Gasteiger partial charge in [-0.15, -0.1) is 11.3 Å². The first-order valence-corrected chi connectivity index (χ1v) is 10.7. The third-order valence-corrected chi connectivity index (χ3v) is 5.96. The number of carbonyl (C=O) groups excluding carboxylic acids is 2. The Kier molecular flexibility index (Phi) is 5.64. The van der Waals surface area contributed by atoms with Gasteiger partial charge in [-0.1, -0.05) is 53.8 Å². The second kappa shape index (κ2) is 8.50. The molecule has 0 aliphatic rings. The van der Waals surface area contributed by atoms with Gasteiger partial charge < -0.3 is 10.6 Å². The van der Waals surface area contributed by atoms with Gasteiger partial charge >= 0.3 is 0 Å². The quantitative estimate of drug-likeness (QED) is 0.482. The predicted octanol–water partition coefficient (Wildman–Crippen LogP) is 4.42. The standard InChI is InChI=1S/C21H18N4O2S2/c1-13-6-5-9-16-19(13)25-21(29-16)24-18(27)11-15-12-28-20(22-15)23-17(26)10-14-7-3-2-4-8-14/h2-9,12H,10-11H2,1H3,(H,22,23,26)(H,24,25,27). The van der Waals surface area contributed by atoms with E-state index in [1.807, 2.05) is 55.5 Å². The fourth-order valence-electron chi connectivity index (χ4n) is 2.86. The van der Waals surface area contributed by atoms with Gasteiger partial charge in [0, 0.05) is 5.38 Å². The molecule has 0 atom stereocenters. The Hall–Kier alpha value is -3.10. The van der Waals surface area contributed by atoms with Crippen LogP contribution in [0.1, 0.15) is 16.8 Å². The number of anilines is 2. The summed E-state index contributed by atoms with van der Waals surface area (Å²) in [6, 6.07) is 15.5. The molecule has 0 fully saturated rings. The Morgan fingerprint density at radius 2 is 1.66 bits per heavy atom. The lowest BCUT2D eigenvalue weighted by molar-refractivity contribution is -0.116. The van der Waals surface area contributed by atoms with E-state index in [1.165, 1.54) is 22.7 Å². The van der Waals surface area contributed by atoms with E-state index in [-0.39, 0.29) is 24.7 Å². The minimum Gasteiger partial charge on any atom is -0.302 e. The summed E-state index contributed by atoms with van der Waals surface area (Å²) in [4.78, 5) is 33.3. The molecule has 4 rings (SSSR count). The molecule has 29 heavy (non-hydrogen) atoms. The fraction of sp³-hybridized carbons (Fsp3) is 0.143. The maximum absolute atomic E-state index is 12.3. The zero-order valence-corrected chi connectivity index (χ0v) is 17.3. The third-order valence-electron chi connectivity index (χ3n) is 4.21. The molecule has 2 aromatic carbocycles. The number of rotatable bonds is 6. The van der Waals surface area contributed by atoms with Crippen molar-refractivity contribution in [3.63, 3.8) is 0 Å². The number of nitrogens with zero attached hydrogens (tertiary/aromatic N) is 2. The molecular formula is C21H18N4O2S2. The lowest BCUT2D eigenvalue weighted by Crippen LogP contribution is -2.15. The second-order valence-electron chi connectivity index (χ2n) is 6.52. The van der Waals surface area contributed by atoms with E-state index in [0.29, 0.717) is 16.0 Å². The molecule has 2 N–H and O–H groups in total. The number of fused-ring (bicyclic) bond motifs is 1. The van der Waals surface area contributed by atoms with E-state index in [2.05, 4.69) is 20.6 Å². The first kappa shape index (κ1) is 19.2. The number of benzene rings is 2. The highest BCUT2D eigenvalue weighted by molar-refractivity contribution is 7.22. The van der Waals surface area contributed by atoms with E-state index in [0.717, 1.165) is 21.3 Å². The van der Waals surface area contributed by atoms with Gasteiger partial charge in [-0.05, 0) is 24.1 Å². The van der Waals surface area contributed by atoms with Crippen LogP contribution in [0.5, 0.6) is 0 Å². The number of aromatic nitrogens is 2. The fourth-order valence-corrected chi connectivity index (χ4v) is 4.54. The molecule has 2 amide bonds. The summed E-state index contributed by atoms with van der Waals surface area (Å²) in [7, 11) is 0. The molecular weight excluding hydrogens is 404 g/mol. The van der Waals surface area contributed by atoms with Gasteiger partial charge in [0.15, 0.2) is 10.3 Å². The summed E-state index contributed by atoms with van der Waals surface area (Å²) < 4.78 is 1.04. The van der Waals surface area contributed by atoms with Crippen molar-refractivity contribution in [3.05, 3.63) is 70.7 Å². The van der Waals surface area contributed by atoms with Gasteiger partial charge in [-0.25, -0.2) is 9.97 Å². The maximum Gasteiger partial charge on any atom is 0.232 e. The summed E-state index contributed by atoms with van der Waals surface area (Å²) in [6.45, 7) is 2.00. The summed E-state index contributed by atoms with van der Waals surface area (Å²) in [5.41, 5.74) is 3.53. The van der Waals surface area contributed by atoms with E-state index in [9.17, 15) is 9.59 Å². The first-order chi connectivity index (χ1) is 14.1. The molecule has 4 aromatic rings. The number of para-hydroxylation sites is 1. The third kappa shape index (κ3) is 4.85. The largest absolute Gasteiger partial charge is 0.302 e. The van der Waals surface area contributed by atoms with Crippen LogP contribution in [0, 0.1) is 6.92 Å². The molecule has 2 aromatic heterocycles. The number of aryl methyl sites for hydroxylation is 1. The van der Waals surface area contributed by atoms with Gasteiger partial charge in [0.05, 0.1) is 28.8 Å². The average molecular weight is 423 g/mol. The van der Waals surface area contributed by atoms with E-state index >= 15 is 0 Å². The molecule has 0 saturated carbocycles. The van der Waals surface area contributed by atoms with Crippen LogP contribution in [-0.2, 0) is 22.4 Å². The van der Waals surface area contributed by atoms with Gasteiger partial charge in [-0.3, -0.25) is 9.59 Å². The number of thiazole rings is 2. The zero-order chi connectivity index (χ0) is 20.2. The molecule has 146 valence electrons. The highest BCUT2D eigenvalue weighted by Gasteiger charge is 2.13. The Labute approximate surface area is 175 Å². The van der Waals surface area contributed by atoms with Crippen molar-refractivity contribution in [2.45, 2.75) is 19.8 Å². The number of amides is 2. The second-order valence-corrected chi connectivity index (χ2v) is 8.41. The first-order valence-electron chi connectivity index (χ1n) is 9.01. The normalized spacial score (nSPS) is 10.8. The zero-order valence-electron chi connectivity index (χ0n) is 15.6. The topological polar surface area (TPSA) is 84.0 Å². The van der Waals surface area contributed by atoms with Crippen molar-refractivity contribution in [2.24, 2.45) is 0 Å². The molecule has 8 heteroatoms. The van der Waals surface area contributed by atoms with Gasteiger partial charge in [0.1, 0.15) is 0 Å². The van der Waals surface area contributed by atoms with Crippen LogP contribution in [0.3, 0.4) is 0 Å². The van der Waals surface area contributed by atoms with Crippen molar-refractivity contribution < 1.29 is 9.59 Å². The Bertz CT molecular complexity index is 1170. The molecule has 2 heterocycles. The maximum atomic E-state index is 12.3. The van der Waals surface area contributed by atoms with Crippen molar-refractivity contribution in [1.29, 1.82) is 0 Å². The molecule has 0 unspecified atom stereocenters. The van der Waals surface area contributed by atoms with E-state index in [1.54, 1.807) is 5.38 Å². The van der Waals surface area contributed by atoms with Crippen LogP contribution < -0.4 is 10.6 Å². The smallest absolute Gasteiger partial charge is 0.232 e.